The highest BCUT2D eigenvalue weighted by molar-refractivity contribution is 5.35. The molecule has 1 atom stereocenters. The first-order valence-electron chi connectivity index (χ1n) is 7.82. The lowest BCUT2D eigenvalue weighted by Crippen LogP contribution is -2.28. The lowest BCUT2D eigenvalue weighted by molar-refractivity contribution is -0.384. The topological polar surface area (TPSA) is 58.4 Å². The number of nitrogens with one attached hydrogen (secondary N) is 1. The molecule has 1 N–H and O–H groups in total. The largest absolute Gasteiger partial charge is 0.310 e. The summed E-state index contributed by atoms with van der Waals surface area (Å²) < 4.78 is 0. The van der Waals surface area contributed by atoms with Crippen LogP contribution in [0.3, 0.4) is 0 Å². The molecule has 0 spiro atoms. The predicted octanol–water partition coefficient (Wildman–Crippen LogP) is 3.37. The van der Waals surface area contributed by atoms with Crippen molar-refractivity contribution in [3.8, 4) is 0 Å². The molecule has 0 aliphatic rings. The van der Waals surface area contributed by atoms with Gasteiger partial charge >= 0.3 is 0 Å². The van der Waals surface area contributed by atoms with Gasteiger partial charge in [-0.05, 0) is 44.6 Å². The maximum atomic E-state index is 10.8. The van der Waals surface area contributed by atoms with Gasteiger partial charge in [0.05, 0.1) is 4.92 Å². The second-order valence-electron chi connectivity index (χ2n) is 5.15. The summed E-state index contributed by atoms with van der Waals surface area (Å²) in [5.41, 5.74) is 1.16. The van der Waals surface area contributed by atoms with E-state index in [2.05, 4.69) is 31.0 Å². The van der Waals surface area contributed by atoms with E-state index in [0.717, 1.165) is 44.6 Å². The SMILES string of the molecule is CCC(NCCCN(CC)CC)c1cccc([N+](=O)[O-])c1. The summed E-state index contributed by atoms with van der Waals surface area (Å²) >= 11 is 0. The molecule has 0 saturated carbocycles. The van der Waals surface area contributed by atoms with Gasteiger partial charge in [0.15, 0.2) is 0 Å². The molecular formula is C16H27N3O2. The average molecular weight is 293 g/mol. The lowest BCUT2D eigenvalue weighted by atomic mass is 10.0. The van der Waals surface area contributed by atoms with E-state index in [1.165, 1.54) is 6.07 Å². The van der Waals surface area contributed by atoms with E-state index in [1.807, 2.05) is 6.07 Å². The molecule has 0 aromatic heterocycles. The van der Waals surface area contributed by atoms with Gasteiger partial charge in [0.2, 0.25) is 0 Å². The third-order valence-electron chi connectivity index (χ3n) is 3.83. The standard InChI is InChI=1S/C16H27N3O2/c1-4-16(17-11-8-12-18(5-2)6-3)14-9-7-10-15(13-14)19(20)21/h7,9-10,13,16-17H,4-6,8,11-12H2,1-3H3. The fourth-order valence-corrected chi connectivity index (χ4v) is 2.47. The molecule has 0 amide bonds. The molecule has 5 nitrogen and oxygen atoms in total. The molecule has 0 radical (unpaired) electrons. The summed E-state index contributed by atoms with van der Waals surface area (Å²) in [5.74, 6) is 0. The second kappa shape index (κ2) is 9.47. The quantitative estimate of drug-likeness (QED) is 0.408. The van der Waals surface area contributed by atoms with Gasteiger partial charge in [-0.25, -0.2) is 0 Å². The molecule has 21 heavy (non-hydrogen) atoms. The third-order valence-corrected chi connectivity index (χ3v) is 3.83. The van der Waals surface area contributed by atoms with Crippen molar-refractivity contribution in [1.82, 2.24) is 10.2 Å². The zero-order valence-electron chi connectivity index (χ0n) is 13.3. The van der Waals surface area contributed by atoms with E-state index in [0.29, 0.717) is 0 Å². The number of hydrogen-bond acceptors (Lipinski definition) is 4. The maximum absolute atomic E-state index is 10.8. The van der Waals surface area contributed by atoms with Gasteiger partial charge in [-0.15, -0.1) is 0 Å². The van der Waals surface area contributed by atoms with Crippen molar-refractivity contribution >= 4 is 5.69 Å². The fourth-order valence-electron chi connectivity index (χ4n) is 2.47. The van der Waals surface area contributed by atoms with Crippen molar-refractivity contribution in [3.05, 3.63) is 39.9 Å². The van der Waals surface area contributed by atoms with Crippen molar-refractivity contribution < 1.29 is 4.92 Å². The number of nitro benzene ring substituents is 1. The van der Waals surface area contributed by atoms with Crippen LogP contribution >= 0.6 is 0 Å². The highest BCUT2D eigenvalue weighted by Crippen LogP contribution is 2.21. The Morgan fingerprint density at radius 3 is 2.57 bits per heavy atom. The Balaban J connectivity index is 2.51. The molecule has 1 unspecified atom stereocenters. The summed E-state index contributed by atoms with van der Waals surface area (Å²) in [5, 5.41) is 14.4. The number of non-ortho nitro benzene ring substituents is 1. The minimum Gasteiger partial charge on any atom is -0.310 e. The molecule has 0 aliphatic carbocycles. The Hall–Kier alpha value is -1.46. The van der Waals surface area contributed by atoms with Crippen molar-refractivity contribution in [3.63, 3.8) is 0 Å². The normalized spacial score (nSPS) is 12.6. The number of nitro groups is 1. The van der Waals surface area contributed by atoms with Crippen molar-refractivity contribution in [1.29, 1.82) is 0 Å². The van der Waals surface area contributed by atoms with E-state index in [9.17, 15) is 10.1 Å². The zero-order valence-corrected chi connectivity index (χ0v) is 13.3. The fraction of sp³-hybridized carbons (Fsp3) is 0.625. The Labute approximate surface area is 127 Å². The van der Waals surface area contributed by atoms with Gasteiger partial charge in [0, 0.05) is 18.2 Å². The van der Waals surface area contributed by atoms with Gasteiger partial charge < -0.3 is 10.2 Å². The van der Waals surface area contributed by atoms with Gasteiger partial charge in [0.25, 0.3) is 5.69 Å². The number of benzene rings is 1. The molecule has 118 valence electrons. The first-order chi connectivity index (χ1) is 10.1. The Morgan fingerprint density at radius 2 is 2.00 bits per heavy atom. The Kier molecular flexibility index (Phi) is 7.93. The molecule has 1 aromatic rings. The van der Waals surface area contributed by atoms with Gasteiger partial charge in [-0.2, -0.15) is 0 Å². The molecule has 0 aliphatic heterocycles. The first kappa shape index (κ1) is 17.6. The summed E-state index contributed by atoms with van der Waals surface area (Å²) in [7, 11) is 0. The first-order valence-corrected chi connectivity index (χ1v) is 7.82. The van der Waals surface area contributed by atoms with Crippen LogP contribution in [0.5, 0.6) is 0 Å². The van der Waals surface area contributed by atoms with Crippen LogP contribution in [0, 0.1) is 10.1 Å². The lowest BCUT2D eigenvalue weighted by Gasteiger charge is -2.20. The molecular weight excluding hydrogens is 266 g/mol. The molecule has 0 fully saturated rings. The molecule has 5 heteroatoms. The van der Waals surface area contributed by atoms with E-state index in [-0.39, 0.29) is 16.7 Å². The van der Waals surface area contributed by atoms with Crippen LogP contribution in [0.2, 0.25) is 0 Å². The minimum absolute atomic E-state index is 0.163. The Morgan fingerprint density at radius 1 is 1.29 bits per heavy atom. The van der Waals surface area contributed by atoms with Crippen LogP contribution in [-0.4, -0.2) is 36.0 Å². The van der Waals surface area contributed by atoms with Crippen LogP contribution in [0.4, 0.5) is 5.69 Å². The Bertz CT molecular complexity index is 433. The van der Waals surface area contributed by atoms with E-state index >= 15 is 0 Å². The van der Waals surface area contributed by atoms with Gasteiger partial charge in [0.1, 0.15) is 0 Å². The smallest absolute Gasteiger partial charge is 0.269 e. The van der Waals surface area contributed by atoms with Crippen LogP contribution in [0.15, 0.2) is 24.3 Å². The third kappa shape index (κ3) is 5.81. The molecule has 1 aromatic carbocycles. The highest BCUT2D eigenvalue weighted by Gasteiger charge is 2.12. The van der Waals surface area contributed by atoms with Crippen LogP contribution in [0.1, 0.15) is 45.2 Å². The van der Waals surface area contributed by atoms with E-state index in [4.69, 9.17) is 0 Å². The number of hydrogen-bond donors (Lipinski definition) is 1. The highest BCUT2D eigenvalue weighted by atomic mass is 16.6. The van der Waals surface area contributed by atoms with Crippen molar-refractivity contribution in [2.24, 2.45) is 0 Å². The summed E-state index contributed by atoms with van der Waals surface area (Å²) in [6, 6.07) is 7.11. The van der Waals surface area contributed by atoms with Gasteiger partial charge in [-0.3, -0.25) is 10.1 Å². The molecule has 0 heterocycles. The zero-order chi connectivity index (χ0) is 15.7. The van der Waals surface area contributed by atoms with Crippen molar-refractivity contribution in [2.45, 2.75) is 39.7 Å². The predicted molar refractivity (Wildman–Crippen MR) is 86.5 cm³/mol. The number of nitrogens with zero attached hydrogens (tertiary/aromatic N) is 2. The average Bonchev–Trinajstić information content (AvgIpc) is 2.51. The monoisotopic (exact) mass is 293 g/mol. The van der Waals surface area contributed by atoms with Crippen LogP contribution in [-0.2, 0) is 0 Å². The van der Waals surface area contributed by atoms with E-state index < -0.39 is 0 Å². The second-order valence-corrected chi connectivity index (χ2v) is 5.15. The van der Waals surface area contributed by atoms with Gasteiger partial charge in [-0.1, -0.05) is 32.9 Å². The summed E-state index contributed by atoms with van der Waals surface area (Å²) in [4.78, 5) is 12.9. The maximum Gasteiger partial charge on any atom is 0.269 e. The van der Waals surface area contributed by atoms with Crippen LogP contribution in [0.25, 0.3) is 0 Å². The summed E-state index contributed by atoms with van der Waals surface area (Å²) in [6.45, 7) is 10.6. The molecule has 1 rings (SSSR count). The van der Waals surface area contributed by atoms with Crippen LogP contribution < -0.4 is 5.32 Å². The number of rotatable bonds is 10. The van der Waals surface area contributed by atoms with Crippen molar-refractivity contribution in [2.75, 3.05) is 26.2 Å². The minimum atomic E-state index is -0.337. The molecule has 0 bridgehead atoms. The van der Waals surface area contributed by atoms with E-state index in [1.54, 1.807) is 12.1 Å². The summed E-state index contributed by atoms with van der Waals surface area (Å²) in [6.07, 6.45) is 2.01. The molecule has 0 saturated heterocycles.